The highest BCUT2D eigenvalue weighted by molar-refractivity contribution is 7.16. The van der Waals surface area contributed by atoms with Gasteiger partial charge in [0, 0.05) is 17.4 Å². The van der Waals surface area contributed by atoms with Gasteiger partial charge in [-0.15, -0.1) is 0 Å². The molecule has 0 saturated carbocycles. The second kappa shape index (κ2) is 6.52. The first-order valence-electron chi connectivity index (χ1n) is 7.38. The first-order chi connectivity index (χ1) is 12.1. The molecule has 1 aromatic heterocycles. The number of rotatable bonds is 3. The molecule has 124 valence electrons. The number of hydrogen-bond donors (Lipinski definition) is 2. The van der Waals surface area contributed by atoms with Crippen LogP contribution in [0.3, 0.4) is 0 Å². The van der Waals surface area contributed by atoms with Crippen molar-refractivity contribution in [1.29, 1.82) is 0 Å². The van der Waals surface area contributed by atoms with Gasteiger partial charge < -0.3 is 10.4 Å². The van der Waals surface area contributed by atoms with Crippen LogP contribution in [0.25, 0.3) is 11.6 Å². The number of nitrogens with zero attached hydrogens (tertiary/aromatic N) is 2. The van der Waals surface area contributed by atoms with E-state index in [4.69, 9.17) is 23.2 Å². The Bertz CT molecular complexity index is 1030. The molecular weight excluding hydrogens is 377 g/mol. The summed E-state index contributed by atoms with van der Waals surface area (Å²) >= 11 is 13.5. The fourth-order valence-corrected chi connectivity index (χ4v) is 3.65. The topological polar surface area (TPSA) is 57.5 Å². The highest BCUT2D eigenvalue weighted by Crippen LogP contribution is 2.38. The van der Waals surface area contributed by atoms with E-state index in [1.165, 1.54) is 11.3 Å². The smallest absolute Gasteiger partial charge is 0.231 e. The average molecular weight is 388 g/mol. The molecule has 4 nitrogen and oxygen atoms in total. The van der Waals surface area contributed by atoms with Crippen molar-refractivity contribution in [3.63, 3.8) is 0 Å². The minimum Gasteiger partial charge on any atom is -0.492 e. The van der Waals surface area contributed by atoms with Gasteiger partial charge in [-0.05, 0) is 24.3 Å². The summed E-state index contributed by atoms with van der Waals surface area (Å²) in [4.78, 5) is 9.15. The Morgan fingerprint density at radius 3 is 2.80 bits per heavy atom. The molecule has 0 radical (unpaired) electrons. The number of aromatic hydroxyl groups is 1. The summed E-state index contributed by atoms with van der Waals surface area (Å²) in [6, 6.07) is 13.1. The molecule has 7 heteroatoms. The van der Waals surface area contributed by atoms with Gasteiger partial charge in [0.05, 0.1) is 26.3 Å². The van der Waals surface area contributed by atoms with Crippen LogP contribution in [-0.4, -0.2) is 16.3 Å². The van der Waals surface area contributed by atoms with Crippen LogP contribution in [0.15, 0.2) is 47.5 Å². The minimum atomic E-state index is -0.0454. The Morgan fingerprint density at radius 2 is 1.92 bits per heavy atom. The fourth-order valence-electron chi connectivity index (χ4n) is 2.48. The van der Waals surface area contributed by atoms with Gasteiger partial charge >= 0.3 is 0 Å². The van der Waals surface area contributed by atoms with Crippen LogP contribution in [-0.2, 0) is 0 Å². The molecule has 1 aliphatic heterocycles. The summed E-state index contributed by atoms with van der Waals surface area (Å²) in [6.45, 7) is 0. The summed E-state index contributed by atoms with van der Waals surface area (Å²) in [5.74, 6) is -0.0454. The van der Waals surface area contributed by atoms with E-state index in [-0.39, 0.29) is 5.88 Å². The molecule has 25 heavy (non-hydrogen) atoms. The largest absolute Gasteiger partial charge is 0.492 e. The molecule has 0 atom stereocenters. The number of hydrogen-bond acceptors (Lipinski definition) is 5. The number of halogens is 2. The quantitative estimate of drug-likeness (QED) is 0.565. The van der Waals surface area contributed by atoms with Crippen molar-refractivity contribution in [1.82, 2.24) is 4.98 Å². The van der Waals surface area contributed by atoms with E-state index in [2.05, 4.69) is 15.3 Å². The Kier molecular flexibility index (Phi) is 4.21. The average Bonchev–Trinajstić information content (AvgIpc) is 3.16. The summed E-state index contributed by atoms with van der Waals surface area (Å²) in [5.41, 5.74) is 3.52. The Hall–Kier alpha value is -2.34. The van der Waals surface area contributed by atoms with Crippen molar-refractivity contribution in [2.75, 3.05) is 5.32 Å². The molecule has 0 saturated heterocycles. The van der Waals surface area contributed by atoms with E-state index in [1.807, 2.05) is 30.3 Å². The zero-order valence-corrected chi connectivity index (χ0v) is 15.0. The number of thiazole rings is 1. The van der Waals surface area contributed by atoms with Crippen molar-refractivity contribution in [3.05, 3.63) is 63.0 Å². The summed E-state index contributed by atoms with van der Waals surface area (Å²) in [7, 11) is 0. The van der Waals surface area contributed by atoms with E-state index in [1.54, 1.807) is 24.4 Å². The second-order valence-electron chi connectivity index (χ2n) is 5.31. The third kappa shape index (κ3) is 3.14. The van der Waals surface area contributed by atoms with Crippen LogP contribution < -0.4 is 5.32 Å². The minimum absolute atomic E-state index is 0.0454. The Balaban J connectivity index is 1.65. The van der Waals surface area contributed by atoms with Gasteiger partial charge in [0.2, 0.25) is 5.88 Å². The van der Waals surface area contributed by atoms with Crippen LogP contribution in [0.5, 0.6) is 5.88 Å². The molecule has 3 aromatic rings. The number of allylic oxidation sites excluding steroid dienone is 1. The molecule has 0 amide bonds. The third-order valence-electron chi connectivity index (χ3n) is 3.67. The zero-order chi connectivity index (χ0) is 17.4. The molecule has 2 aromatic carbocycles. The molecule has 0 unspecified atom stereocenters. The predicted molar refractivity (Wildman–Crippen MR) is 106 cm³/mol. The first kappa shape index (κ1) is 16.1. The SMILES string of the molecule is Oc1nc(Nc2cccc(Cl)c2Cl)sc1/C=C1\C=Nc2ccccc21. The standard InChI is InChI=1S/C18H11Cl2N3OS/c19-12-5-3-7-14(16(12)20)22-18-23-17(24)15(25-18)8-10-9-21-13-6-2-1-4-11(10)13/h1-9,24H,(H,22,23)/b10-8+. The van der Waals surface area contributed by atoms with Crippen molar-refractivity contribution < 1.29 is 5.11 Å². The van der Waals surface area contributed by atoms with E-state index in [9.17, 15) is 5.11 Å². The van der Waals surface area contributed by atoms with E-state index in [0.29, 0.717) is 25.7 Å². The number of fused-ring (bicyclic) bond motifs is 1. The van der Waals surface area contributed by atoms with Crippen molar-refractivity contribution in [3.8, 4) is 5.88 Å². The van der Waals surface area contributed by atoms with Gasteiger partial charge in [0.15, 0.2) is 5.13 Å². The van der Waals surface area contributed by atoms with Crippen molar-refractivity contribution in [2.24, 2.45) is 4.99 Å². The maximum atomic E-state index is 10.2. The zero-order valence-electron chi connectivity index (χ0n) is 12.7. The van der Waals surface area contributed by atoms with Crippen LogP contribution in [0.4, 0.5) is 16.5 Å². The van der Waals surface area contributed by atoms with Gasteiger partial charge in [-0.2, -0.15) is 4.98 Å². The number of para-hydroxylation sites is 1. The highest BCUT2D eigenvalue weighted by Gasteiger charge is 2.15. The van der Waals surface area contributed by atoms with Crippen molar-refractivity contribution in [2.45, 2.75) is 0 Å². The molecule has 0 aliphatic carbocycles. The normalized spacial score (nSPS) is 14.1. The third-order valence-corrected chi connectivity index (χ3v) is 5.40. The predicted octanol–water partition coefficient (Wildman–Crippen LogP) is 6.16. The lowest BCUT2D eigenvalue weighted by Gasteiger charge is -2.05. The van der Waals surface area contributed by atoms with Gasteiger partial charge in [-0.3, -0.25) is 4.99 Å². The number of anilines is 2. The number of aromatic nitrogens is 1. The lowest BCUT2D eigenvalue weighted by Crippen LogP contribution is -1.90. The van der Waals surface area contributed by atoms with Gasteiger partial charge in [0.25, 0.3) is 0 Å². The first-order valence-corrected chi connectivity index (χ1v) is 8.95. The lowest BCUT2D eigenvalue weighted by atomic mass is 10.1. The van der Waals surface area contributed by atoms with E-state index >= 15 is 0 Å². The van der Waals surface area contributed by atoms with Gasteiger partial charge in [0.1, 0.15) is 0 Å². The summed E-state index contributed by atoms with van der Waals surface area (Å²) in [6.07, 6.45) is 3.65. The van der Waals surface area contributed by atoms with Crippen LogP contribution in [0.2, 0.25) is 10.0 Å². The monoisotopic (exact) mass is 387 g/mol. The van der Waals surface area contributed by atoms with Crippen LogP contribution in [0, 0.1) is 0 Å². The molecule has 2 heterocycles. The Morgan fingerprint density at radius 1 is 1.08 bits per heavy atom. The van der Waals surface area contributed by atoms with Crippen molar-refractivity contribution >= 4 is 68.9 Å². The van der Waals surface area contributed by atoms with Crippen LogP contribution in [0.1, 0.15) is 10.4 Å². The molecule has 1 aliphatic rings. The summed E-state index contributed by atoms with van der Waals surface area (Å²) in [5, 5.41) is 14.6. The molecule has 2 N–H and O–H groups in total. The molecule has 4 rings (SSSR count). The van der Waals surface area contributed by atoms with E-state index < -0.39 is 0 Å². The second-order valence-corrected chi connectivity index (χ2v) is 7.12. The molecule has 0 fully saturated rings. The number of benzene rings is 2. The lowest BCUT2D eigenvalue weighted by molar-refractivity contribution is 0.457. The Labute approximate surface area is 158 Å². The van der Waals surface area contributed by atoms with Gasteiger partial charge in [-0.25, -0.2) is 0 Å². The molecule has 0 bridgehead atoms. The highest BCUT2D eigenvalue weighted by atomic mass is 35.5. The molecular formula is C18H11Cl2N3OS. The maximum Gasteiger partial charge on any atom is 0.231 e. The molecule has 0 spiro atoms. The number of nitrogens with one attached hydrogen (secondary N) is 1. The fraction of sp³-hybridized carbons (Fsp3) is 0. The number of aliphatic imine (C=N–C) groups is 1. The maximum absolute atomic E-state index is 10.2. The van der Waals surface area contributed by atoms with Gasteiger partial charge in [-0.1, -0.05) is 58.8 Å². The van der Waals surface area contributed by atoms with Crippen LogP contribution >= 0.6 is 34.5 Å². The van der Waals surface area contributed by atoms with E-state index in [0.717, 1.165) is 16.8 Å². The summed E-state index contributed by atoms with van der Waals surface area (Å²) < 4.78 is 0.